The first-order valence-electron chi connectivity index (χ1n) is 8.51. The van der Waals surface area contributed by atoms with Crippen LogP contribution in [0.2, 0.25) is 0 Å². The molecule has 8 N–H and O–H groups in total. The van der Waals surface area contributed by atoms with Gasteiger partial charge in [-0.3, -0.25) is 14.3 Å². The smallest absolute Gasteiger partial charge is 0.357 e. The zero-order valence-electron chi connectivity index (χ0n) is 16.2. The zero-order valence-corrected chi connectivity index (χ0v) is 17.0. The number of rotatable bonds is 7. The molecule has 0 unspecified atom stereocenters. The maximum Gasteiger partial charge on any atom is 0.357 e. The molecule has 2 heterocycles. The van der Waals surface area contributed by atoms with Crippen LogP contribution in [0.25, 0.3) is 11.5 Å². The Bertz CT molecular complexity index is 1180. The van der Waals surface area contributed by atoms with E-state index in [1.807, 2.05) is 4.72 Å². The summed E-state index contributed by atoms with van der Waals surface area (Å²) in [6, 6.07) is 8.04. The van der Waals surface area contributed by atoms with Crippen molar-refractivity contribution in [3.63, 3.8) is 0 Å². The van der Waals surface area contributed by atoms with E-state index in [9.17, 15) is 8.42 Å². The van der Waals surface area contributed by atoms with E-state index in [0.717, 1.165) is 0 Å². The first-order chi connectivity index (χ1) is 14.1. The molecule has 0 amide bonds. The molecule has 12 nitrogen and oxygen atoms in total. The van der Waals surface area contributed by atoms with Crippen molar-refractivity contribution in [3.05, 3.63) is 41.7 Å². The van der Waals surface area contributed by atoms with Crippen LogP contribution in [0.3, 0.4) is 0 Å². The van der Waals surface area contributed by atoms with Crippen LogP contribution in [0.1, 0.15) is 11.3 Å². The van der Waals surface area contributed by atoms with Gasteiger partial charge < -0.3 is 20.6 Å². The van der Waals surface area contributed by atoms with Gasteiger partial charge in [-0.1, -0.05) is 6.07 Å². The molecule has 0 aliphatic carbocycles. The molecule has 160 valence electrons. The Labute approximate surface area is 172 Å². The SMILES string of the molecule is COc1cc(CN(N)c2nc(N)nc(-c3ccc(C)o3)c2N)ccc1NS(=O)(=O)O. The first-order valence-corrected chi connectivity index (χ1v) is 9.95. The van der Waals surface area contributed by atoms with Crippen molar-refractivity contribution in [2.24, 2.45) is 5.84 Å². The van der Waals surface area contributed by atoms with Gasteiger partial charge in [0, 0.05) is 0 Å². The van der Waals surface area contributed by atoms with Crippen LogP contribution in [0.4, 0.5) is 23.1 Å². The van der Waals surface area contributed by atoms with Crippen molar-refractivity contribution in [1.29, 1.82) is 0 Å². The van der Waals surface area contributed by atoms with E-state index < -0.39 is 10.3 Å². The molecular weight excluding hydrogens is 414 g/mol. The second-order valence-electron chi connectivity index (χ2n) is 6.32. The fraction of sp³-hybridized carbons (Fsp3) is 0.176. The van der Waals surface area contributed by atoms with Gasteiger partial charge in [-0.25, -0.2) is 10.8 Å². The molecule has 0 spiro atoms. The lowest BCUT2D eigenvalue weighted by molar-refractivity contribution is 0.416. The maximum absolute atomic E-state index is 11.0. The summed E-state index contributed by atoms with van der Waals surface area (Å²) in [5.41, 5.74) is 13.2. The van der Waals surface area contributed by atoms with Gasteiger partial charge in [0.15, 0.2) is 11.6 Å². The molecule has 0 radical (unpaired) electrons. The van der Waals surface area contributed by atoms with Crippen molar-refractivity contribution >= 4 is 33.4 Å². The van der Waals surface area contributed by atoms with E-state index in [4.69, 9.17) is 31.0 Å². The van der Waals surface area contributed by atoms with Gasteiger partial charge in [0.05, 0.1) is 19.3 Å². The molecule has 0 saturated carbocycles. The van der Waals surface area contributed by atoms with Crippen LogP contribution < -0.4 is 31.8 Å². The lowest BCUT2D eigenvalue weighted by Crippen LogP contribution is -2.32. The zero-order chi connectivity index (χ0) is 22.1. The number of benzene rings is 1. The average Bonchev–Trinajstić information content (AvgIpc) is 3.09. The second-order valence-corrected chi connectivity index (χ2v) is 7.47. The van der Waals surface area contributed by atoms with Crippen molar-refractivity contribution in [3.8, 4) is 17.2 Å². The fourth-order valence-corrected chi connectivity index (χ4v) is 3.22. The maximum atomic E-state index is 11.0. The number of nitrogens with one attached hydrogen (secondary N) is 1. The molecule has 3 aromatic rings. The Kier molecular flexibility index (Phi) is 5.69. The molecule has 0 bridgehead atoms. The van der Waals surface area contributed by atoms with Crippen LogP contribution in [-0.2, 0) is 16.8 Å². The Morgan fingerprint density at radius 3 is 2.57 bits per heavy atom. The molecule has 2 aromatic heterocycles. The standard InChI is InChI=1S/C17H21N7O5S/c1-9-3-6-12(29-9)15-14(18)16(22-17(19)21-15)24(20)8-10-4-5-11(13(7-10)28-2)23-30(25,26)27/h3-7,23H,8,18,20H2,1-2H3,(H2,19,21,22)(H,25,26,27). The fourth-order valence-electron chi connectivity index (χ4n) is 2.77. The topological polar surface area (TPSA) is 196 Å². The molecule has 0 saturated heterocycles. The van der Waals surface area contributed by atoms with E-state index in [1.54, 1.807) is 31.2 Å². The van der Waals surface area contributed by atoms with Gasteiger partial charge in [0.2, 0.25) is 5.95 Å². The van der Waals surface area contributed by atoms with E-state index >= 15 is 0 Å². The molecule has 30 heavy (non-hydrogen) atoms. The molecule has 0 aliphatic rings. The largest absolute Gasteiger partial charge is 0.495 e. The molecule has 0 fully saturated rings. The summed E-state index contributed by atoms with van der Waals surface area (Å²) in [5.74, 6) is 7.60. The number of ether oxygens (including phenoxy) is 1. The minimum Gasteiger partial charge on any atom is -0.495 e. The minimum absolute atomic E-state index is 0.0380. The molecule has 13 heteroatoms. The predicted molar refractivity (Wildman–Crippen MR) is 112 cm³/mol. The predicted octanol–water partition coefficient (Wildman–Crippen LogP) is 1.31. The average molecular weight is 435 g/mol. The molecule has 3 rings (SSSR count). The summed E-state index contributed by atoms with van der Waals surface area (Å²) in [6.45, 7) is 1.91. The third kappa shape index (κ3) is 4.71. The van der Waals surface area contributed by atoms with Gasteiger partial charge in [0.25, 0.3) is 0 Å². The normalized spacial score (nSPS) is 11.3. The number of anilines is 4. The van der Waals surface area contributed by atoms with Gasteiger partial charge in [-0.15, -0.1) is 0 Å². The lowest BCUT2D eigenvalue weighted by atomic mass is 10.2. The highest BCUT2D eigenvalue weighted by molar-refractivity contribution is 7.87. The van der Waals surface area contributed by atoms with E-state index in [1.165, 1.54) is 18.2 Å². The number of aryl methyl sites for hydroxylation is 1. The number of aromatic nitrogens is 2. The quantitative estimate of drug-likeness (QED) is 0.204. The van der Waals surface area contributed by atoms with Crippen LogP contribution >= 0.6 is 0 Å². The van der Waals surface area contributed by atoms with Crippen LogP contribution in [0, 0.1) is 6.92 Å². The third-order valence-electron chi connectivity index (χ3n) is 4.05. The third-order valence-corrected chi connectivity index (χ3v) is 4.52. The van der Waals surface area contributed by atoms with Crippen molar-refractivity contribution in [2.75, 3.05) is 28.3 Å². The molecule has 1 aromatic carbocycles. The van der Waals surface area contributed by atoms with Crippen molar-refractivity contribution < 1.29 is 22.1 Å². The molecule has 0 atom stereocenters. The van der Waals surface area contributed by atoms with Gasteiger partial charge >= 0.3 is 10.3 Å². The Morgan fingerprint density at radius 1 is 1.23 bits per heavy atom. The van der Waals surface area contributed by atoms with E-state index in [2.05, 4.69) is 9.97 Å². The summed E-state index contributed by atoms with van der Waals surface area (Å²) in [4.78, 5) is 8.25. The van der Waals surface area contributed by atoms with Gasteiger partial charge in [0.1, 0.15) is 22.9 Å². The van der Waals surface area contributed by atoms with Gasteiger partial charge in [-0.05, 0) is 36.8 Å². The number of hydrogen-bond donors (Lipinski definition) is 5. The Balaban J connectivity index is 1.91. The highest BCUT2D eigenvalue weighted by Gasteiger charge is 2.19. The summed E-state index contributed by atoms with van der Waals surface area (Å²) in [7, 11) is -3.09. The summed E-state index contributed by atoms with van der Waals surface area (Å²) < 4.78 is 43.7. The van der Waals surface area contributed by atoms with E-state index in [-0.39, 0.29) is 35.4 Å². The number of nitrogens with two attached hydrogens (primary N) is 3. The van der Waals surface area contributed by atoms with E-state index in [0.29, 0.717) is 22.8 Å². The number of furan rings is 1. The number of hydrogen-bond acceptors (Lipinski definition) is 10. The monoisotopic (exact) mass is 435 g/mol. The molecular formula is C17H21N7O5S. The Morgan fingerprint density at radius 2 is 1.97 bits per heavy atom. The lowest BCUT2D eigenvalue weighted by Gasteiger charge is -2.21. The Hall–Kier alpha value is -3.55. The minimum atomic E-state index is -4.45. The first kappa shape index (κ1) is 21.2. The van der Waals surface area contributed by atoms with Gasteiger partial charge in [-0.2, -0.15) is 13.4 Å². The number of nitrogen functional groups attached to an aromatic ring is 2. The molecule has 0 aliphatic heterocycles. The number of hydrazine groups is 1. The summed E-state index contributed by atoms with van der Waals surface area (Å²) in [6.07, 6.45) is 0. The van der Waals surface area contributed by atoms with Crippen LogP contribution in [0.5, 0.6) is 5.75 Å². The highest BCUT2D eigenvalue weighted by atomic mass is 32.2. The highest BCUT2D eigenvalue weighted by Crippen LogP contribution is 2.33. The van der Waals surface area contributed by atoms with Crippen molar-refractivity contribution in [1.82, 2.24) is 9.97 Å². The summed E-state index contributed by atoms with van der Waals surface area (Å²) >= 11 is 0. The van der Waals surface area contributed by atoms with Crippen LogP contribution in [0.15, 0.2) is 34.7 Å². The van der Waals surface area contributed by atoms with Crippen LogP contribution in [-0.4, -0.2) is 30.0 Å². The summed E-state index contributed by atoms with van der Waals surface area (Å²) in [5, 5.41) is 1.26. The number of nitrogens with zero attached hydrogens (tertiary/aromatic N) is 3. The van der Waals surface area contributed by atoms with Crippen molar-refractivity contribution in [2.45, 2.75) is 13.5 Å². The second kappa shape index (κ2) is 8.06. The number of methoxy groups -OCH3 is 1.